The Morgan fingerprint density at radius 1 is 0.750 bits per heavy atom. The number of hydrogen-bond donors (Lipinski definition) is 2. The van der Waals surface area contributed by atoms with E-state index < -0.39 is 29.5 Å². The Morgan fingerprint density at radius 3 is 1.89 bits per heavy atom. The molecular weight excluding hydrogens is 470 g/mol. The Kier molecular flexibility index (Phi) is 7.27. The summed E-state index contributed by atoms with van der Waals surface area (Å²) in [5.74, 6) is -1.52. The van der Waals surface area contributed by atoms with Crippen molar-refractivity contribution in [1.82, 2.24) is 13.7 Å². The molecule has 0 spiro atoms. The Labute approximate surface area is 207 Å². The molecule has 0 atom stereocenters. The van der Waals surface area contributed by atoms with E-state index in [0.717, 1.165) is 0 Å². The molecule has 0 unspecified atom stereocenters. The van der Waals surface area contributed by atoms with Gasteiger partial charge in [-0.3, -0.25) is 10.1 Å². The van der Waals surface area contributed by atoms with Gasteiger partial charge >= 0.3 is 18.0 Å². The first-order valence-electron chi connectivity index (χ1n) is 10.9. The van der Waals surface area contributed by atoms with E-state index in [4.69, 9.17) is 14.2 Å². The first-order chi connectivity index (χ1) is 16.8. The van der Waals surface area contributed by atoms with Crippen molar-refractivity contribution in [1.29, 1.82) is 0 Å². The summed E-state index contributed by atoms with van der Waals surface area (Å²) in [6.45, 7) is 5.25. The van der Waals surface area contributed by atoms with Crippen LogP contribution in [0.4, 0.5) is 16.2 Å². The van der Waals surface area contributed by atoms with Crippen LogP contribution < -0.4 is 15.4 Å². The fourth-order valence-corrected chi connectivity index (χ4v) is 3.37. The zero-order chi connectivity index (χ0) is 26.8. The topological polar surface area (TPSA) is 135 Å². The summed E-state index contributed by atoms with van der Waals surface area (Å²) in [6, 6.07) is 4.37. The number of aryl methyl sites for hydroxylation is 3. The summed E-state index contributed by atoms with van der Waals surface area (Å²) in [5.41, 5.74) is 0.768. The number of nitrogens with zero attached hydrogens (tertiary/aromatic N) is 3. The molecule has 0 aromatic carbocycles. The zero-order valence-electron chi connectivity index (χ0n) is 21.2. The predicted molar refractivity (Wildman–Crippen MR) is 130 cm³/mol. The van der Waals surface area contributed by atoms with Crippen LogP contribution in [-0.4, -0.2) is 50.4 Å². The fraction of sp³-hybridized carbons (Fsp3) is 0.333. The van der Waals surface area contributed by atoms with Crippen molar-refractivity contribution in [2.45, 2.75) is 26.4 Å². The zero-order valence-corrected chi connectivity index (χ0v) is 21.2. The standard InChI is InChI=1S/C24H29N5O7/c1-24(2,3)36-23(33)26-15-8-17(27(4)12-15)20(30)25-14-9-18(28(5)11-14)22(32)35-16-10-19(21(31)34-7)29(6)13-16/h8-13H,1-7H3,(H,25,30)(H,26,33). The minimum Gasteiger partial charge on any atom is -0.464 e. The van der Waals surface area contributed by atoms with E-state index in [0.29, 0.717) is 11.4 Å². The Morgan fingerprint density at radius 2 is 1.28 bits per heavy atom. The molecule has 3 aromatic rings. The Balaban J connectivity index is 1.68. The number of nitrogens with one attached hydrogen (secondary N) is 2. The lowest BCUT2D eigenvalue weighted by Gasteiger charge is -2.19. The summed E-state index contributed by atoms with van der Waals surface area (Å²) in [6.07, 6.45) is 3.98. The van der Waals surface area contributed by atoms with Crippen molar-refractivity contribution in [3.05, 3.63) is 53.9 Å². The average Bonchev–Trinajstić information content (AvgIpc) is 3.42. The van der Waals surface area contributed by atoms with Gasteiger partial charge in [0.25, 0.3) is 5.91 Å². The number of carbonyl (C=O) groups excluding carboxylic acids is 4. The molecule has 3 rings (SSSR count). The van der Waals surface area contributed by atoms with Crippen molar-refractivity contribution in [2.75, 3.05) is 17.7 Å². The smallest absolute Gasteiger partial charge is 0.412 e. The van der Waals surface area contributed by atoms with E-state index in [9.17, 15) is 19.2 Å². The maximum Gasteiger partial charge on any atom is 0.412 e. The van der Waals surface area contributed by atoms with Gasteiger partial charge in [-0.15, -0.1) is 0 Å². The second-order valence-corrected chi connectivity index (χ2v) is 9.08. The van der Waals surface area contributed by atoms with Crippen LogP contribution in [0.2, 0.25) is 0 Å². The summed E-state index contributed by atoms with van der Waals surface area (Å²) >= 11 is 0. The lowest BCUT2D eigenvalue weighted by Crippen LogP contribution is -2.27. The van der Waals surface area contributed by atoms with Crippen LogP contribution in [0.15, 0.2) is 36.8 Å². The molecule has 192 valence electrons. The molecule has 0 aliphatic carbocycles. The number of hydrogen-bond acceptors (Lipinski definition) is 7. The van der Waals surface area contributed by atoms with E-state index in [1.54, 1.807) is 58.9 Å². The third-order valence-electron chi connectivity index (χ3n) is 4.94. The monoisotopic (exact) mass is 499 g/mol. The SMILES string of the molecule is COC(=O)c1cc(OC(=O)c2cc(NC(=O)c3cc(NC(=O)OC(C)(C)C)cn3C)cn2C)cn1C. The Bertz CT molecular complexity index is 1320. The normalized spacial score (nSPS) is 11.1. The van der Waals surface area contributed by atoms with Crippen LogP contribution in [0, 0.1) is 0 Å². The minimum atomic E-state index is -0.678. The molecule has 0 aliphatic rings. The quantitative estimate of drug-likeness (QED) is 0.497. The maximum absolute atomic E-state index is 12.8. The molecule has 2 amide bonds. The van der Waals surface area contributed by atoms with Crippen molar-refractivity contribution in [3.63, 3.8) is 0 Å². The fourth-order valence-electron chi connectivity index (χ4n) is 3.37. The maximum atomic E-state index is 12.8. The molecule has 3 aromatic heterocycles. The summed E-state index contributed by atoms with van der Waals surface area (Å²) in [5, 5.41) is 5.31. The molecule has 36 heavy (non-hydrogen) atoms. The molecule has 3 heterocycles. The van der Waals surface area contributed by atoms with Gasteiger partial charge in [0.1, 0.15) is 28.4 Å². The lowest BCUT2D eigenvalue weighted by atomic mass is 10.2. The van der Waals surface area contributed by atoms with Gasteiger partial charge < -0.3 is 33.2 Å². The second kappa shape index (κ2) is 10.0. The first kappa shape index (κ1) is 26.1. The summed E-state index contributed by atoms with van der Waals surface area (Å²) in [7, 11) is 6.17. The minimum absolute atomic E-state index is 0.170. The first-order valence-corrected chi connectivity index (χ1v) is 10.9. The largest absolute Gasteiger partial charge is 0.464 e. The number of aromatic nitrogens is 3. The van der Waals surface area contributed by atoms with E-state index in [1.807, 2.05) is 0 Å². The van der Waals surface area contributed by atoms with Gasteiger partial charge in [-0.25, -0.2) is 14.4 Å². The van der Waals surface area contributed by atoms with Gasteiger partial charge in [0.15, 0.2) is 0 Å². The van der Waals surface area contributed by atoms with E-state index in [1.165, 1.54) is 40.6 Å². The van der Waals surface area contributed by atoms with Crippen LogP contribution in [0.5, 0.6) is 5.75 Å². The highest BCUT2D eigenvalue weighted by atomic mass is 16.6. The molecule has 0 radical (unpaired) electrons. The summed E-state index contributed by atoms with van der Waals surface area (Å²) in [4.78, 5) is 49.3. The molecule has 12 heteroatoms. The molecule has 0 aliphatic heterocycles. The molecule has 0 saturated heterocycles. The molecule has 0 saturated carbocycles. The number of carbonyl (C=O) groups is 4. The van der Waals surface area contributed by atoms with Crippen LogP contribution in [0.1, 0.15) is 52.2 Å². The Hall–Kier alpha value is -4.48. The number of ether oxygens (including phenoxy) is 3. The highest BCUT2D eigenvalue weighted by Gasteiger charge is 2.21. The van der Waals surface area contributed by atoms with E-state index in [-0.39, 0.29) is 22.8 Å². The predicted octanol–water partition coefficient (Wildman–Crippen LogP) is 3.31. The number of methoxy groups -OCH3 is 1. The third kappa shape index (κ3) is 6.14. The average molecular weight is 500 g/mol. The highest BCUT2D eigenvalue weighted by Crippen LogP contribution is 2.21. The molecule has 2 N–H and O–H groups in total. The van der Waals surface area contributed by atoms with Crippen LogP contribution in [0.25, 0.3) is 0 Å². The van der Waals surface area contributed by atoms with E-state index in [2.05, 4.69) is 10.6 Å². The molecule has 0 bridgehead atoms. The van der Waals surface area contributed by atoms with Crippen LogP contribution >= 0.6 is 0 Å². The molecule has 12 nitrogen and oxygen atoms in total. The third-order valence-corrected chi connectivity index (χ3v) is 4.94. The van der Waals surface area contributed by atoms with Crippen molar-refractivity contribution in [2.24, 2.45) is 21.1 Å². The van der Waals surface area contributed by atoms with Gasteiger partial charge in [-0.1, -0.05) is 0 Å². The van der Waals surface area contributed by atoms with Crippen LogP contribution in [-0.2, 0) is 30.6 Å². The van der Waals surface area contributed by atoms with Gasteiger partial charge in [-0.05, 0) is 32.9 Å². The van der Waals surface area contributed by atoms with Gasteiger partial charge in [-0.2, -0.15) is 0 Å². The second-order valence-electron chi connectivity index (χ2n) is 9.08. The number of rotatable bonds is 6. The van der Waals surface area contributed by atoms with Crippen molar-refractivity contribution in [3.8, 4) is 5.75 Å². The lowest BCUT2D eigenvalue weighted by molar-refractivity contribution is 0.0586. The number of esters is 2. The van der Waals surface area contributed by atoms with Gasteiger partial charge in [0, 0.05) is 45.8 Å². The molecule has 0 fully saturated rings. The van der Waals surface area contributed by atoms with Gasteiger partial charge in [0.05, 0.1) is 18.5 Å². The number of anilines is 2. The highest BCUT2D eigenvalue weighted by molar-refractivity contribution is 6.05. The van der Waals surface area contributed by atoms with Gasteiger partial charge in [0.2, 0.25) is 0 Å². The van der Waals surface area contributed by atoms with Crippen molar-refractivity contribution < 1.29 is 33.4 Å². The van der Waals surface area contributed by atoms with Crippen LogP contribution in [0.3, 0.4) is 0 Å². The van der Waals surface area contributed by atoms with Crippen molar-refractivity contribution >= 4 is 35.3 Å². The van der Waals surface area contributed by atoms with E-state index >= 15 is 0 Å². The summed E-state index contributed by atoms with van der Waals surface area (Å²) < 4.78 is 19.8. The molecular formula is C24H29N5O7. The number of amides is 2.